The molecule has 0 aromatic carbocycles. The normalized spacial score (nSPS) is 18.7. The highest BCUT2D eigenvalue weighted by Gasteiger charge is 2.38. The Morgan fingerprint density at radius 3 is 2.79 bits per heavy atom. The van der Waals surface area contributed by atoms with E-state index in [1.165, 1.54) is 25.0 Å². The number of fused-ring (bicyclic) bond motifs is 1. The van der Waals surface area contributed by atoms with Crippen molar-refractivity contribution >= 4 is 16.3 Å². The van der Waals surface area contributed by atoms with Gasteiger partial charge in [-0.15, -0.1) is 11.3 Å². The maximum absolute atomic E-state index is 4.74. The number of nitrogens with one attached hydrogen (secondary N) is 1. The molecule has 0 bridgehead atoms. The van der Waals surface area contributed by atoms with Crippen LogP contribution < -0.4 is 5.32 Å². The molecule has 3 nitrogen and oxygen atoms in total. The number of imidazole rings is 1. The molecule has 104 valence electrons. The maximum atomic E-state index is 4.74. The first-order chi connectivity index (χ1) is 8.96. The molecule has 1 fully saturated rings. The number of thiazole rings is 1. The Kier molecular flexibility index (Phi) is 3.18. The molecular formula is C15H23N3S. The highest BCUT2D eigenvalue weighted by molar-refractivity contribution is 7.15. The average molecular weight is 277 g/mol. The smallest absolute Gasteiger partial charge is 0.193 e. The van der Waals surface area contributed by atoms with Crippen LogP contribution in [0.15, 0.2) is 17.8 Å². The number of aromatic nitrogens is 2. The van der Waals surface area contributed by atoms with Crippen molar-refractivity contribution in [3.05, 3.63) is 23.5 Å². The lowest BCUT2D eigenvalue weighted by atomic mass is 9.66. The van der Waals surface area contributed by atoms with E-state index in [0.29, 0.717) is 5.41 Å². The van der Waals surface area contributed by atoms with Gasteiger partial charge in [0.15, 0.2) is 4.96 Å². The van der Waals surface area contributed by atoms with Gasteiger partial charge in [-0.2, -0.15) is 0 Å². The van der Waals surface area contributed by atoms with Gasteiger partial charge in [-0.3, -0.25) is 4.40 Å². The predicted octanol–water partition coefficient (Wildman–Crippen LogP) is 3.50. The quantitative estimate of drug-likeness (QED) is 0.927. The first-order valence-corrected chi connectivity index (χ1v) is 8.00. The zero-order chi connectivity index (χ0) is 13.5. The van der Waals surface area contributed by atoms with Crippen molar-refractivity contribution in [2.45, 2.75) is 52.0 Å². The fourth-order valence-corrected chi connectivity index (χ4v) is 3.51. The average Bonchev–Trinajstić information content (AvgIpc) is 2.80. The summed E-state index contributed by atoms with van der Waals surface area (Å²) >= 11 is 1.71. The van der Waals surface area contributed by atoms with Crippen LogP contribution in [-0.2, 0) is 6.42 Å². The molecule has 0 amide bonds. The highest BCUT2D eigenvalue weighted by atomic mass is 32.1. The fourth-order valence-electron chi connectivity index (χ4n) is 2.79. The zero-order valence-corrected chi connectivity index (χ0v) is 12.9. The van der Waals surface area contributed by atoms with E-state index in [1.54, 1.807) is 11.3 Å². The standard InChI is InChI=1S/C15H23N3S/c1-14(2,3)16-11-15(5-4-6-15)9-12-10-18-7-8-19-13(18)17-12/h7-8,10,16H,4-6,9,11H2,1-3H3. The molecule has 4 heteroatoms. The van der Waals surface area contributed by atoms with Gasteiger partial charge in [0.2, 0.25) is 0 Å². The van der Waals surface area contributed by atoms with Crippen molar-refractivity contribution in [1.29, 1.82) is 0 Å². The van der Waals surface area contributed by atoms with Gasteiger partial charge in [0.25, 0.3) is 0 Å². The third-order valence-electron chi connectivity index (χ3n) is 4.11. The number of nitrogens with zero attached hydrogens (tertiary/aromatic N) is 2. The van der Waals surface area contributed by atoms with Gasteiger partial charge in [0.1, 0.15) is 0 Å². The molecule has 0 unspecified atom stereocenters. The van der Waals surface area contributed by atoms with E-state index < -0.39 is 0 Å². The monoisotopic (exact) mass is 277 g/mol. The number of hydrogen-bond donors (Lipinski definition) is 1. The number of hydrogen-bond acceptors (Lipinski definition) is 3. The molecule has 0 atom stereocenters. The van der Waals surface area contributed by atoms with Gasteiger partial charge in [0.05, 0.1) is 5.69 Å². The van der Waals surface area contributed by atoms with Gasteiger partial charge in [-0.05, 0) is 45.4 Å². The van der Waals surface area contributed by atoms with Crippen molar-refractivity contribution in [3.8, 4) is 0 Å². The Morgan fingerprint density at radius 2 is 2.21 bits per heavy atom. The van der Waals surface area contributed by atoms with E-state index in [2.05, 4.69) is 48.3 Å². The zero-order valence-electron chi connectivity index (χ0n) is 12.1. The van der Waals surface area contributed by atoms with Gasteiger partial charge >= 0.3 is 0 Å². The molecule has 0 spiro atoms. The maximum Gasteiger partial charge on any atom is 0.193 e. The molecule has 1 aliphatic carbocycles. The Hall–Kier alpha value is -0.870. The summed E-state index contributed by atoms with van der Waals surface area (Å²) in [7, 11) is 0. The second-order valence-corrected chi connectivity index (χ2v) is 7.83. The van der Waals surface area contributed by atoms with E-state index in [0.717, 1.165) is 17.9 Å². The predicted molar refractivity (Wildman–Crippen MR) is 80.8 cm³/mol. The van der Waals surface area contributed by atoms with Gasteiger partial charge < -0.3 is 5.32 Å². The lowest BCUT2D eigenvalue weighted by Crippen LogP contribution is -2.48. The summed E-state index contributed by atoms with van der Waals surface area (Å²) in [6.07, 6.45) is 9.45. The molecule has 0 aliphatic heterocycles. The van der Waals surface area contributed by atoms with Gasteiger partial charge in [-0.25, -0.2) is 4.98 Å². The molecule has 19 heavy (non-hydrogen) atoms. The molecule has 1 saturated carbocycles. The second kappa shape index (κ2) is 4.60. The van der Waals surface area contributed by atoms with Crippen LogP contribution in [0.1, 0.15) is 45.7 Å². The third kappa shape index (κ3) is 2.84. The van der Waals surface area contributed by atoms with Crippen LogP contribution in [0.4, 0.5) is 0 Å². The van der Waals surface area contributed by atoms with Crippen molar-refractivity contribution in [2.24, 2.45) is 5.41 Å². The Balaban J connectivity index is 1.70. The Labute approximate surface area is 119 Å². The summed E-state index contributed by atoms with van der Waals surface area (Å²) in [4.78, 5) is 5.86. The van der Waals surface area contributed by atoms with Crippen molar-refractivity contribution in [2.75, 3.05) is 6.54 Å². The summed E-state index contributed by atoms with van der Waals surface area (Å²) in [6.45, 7) is 7.84. The molecule has 2 aromatic rings. The third-order valence-corrected chi connectivity index (χ3v) is 4.88. The summed E-state index contributed by atoms with van der Waals surface area (Å²) < 4.78 is 2.14. The van der Waals surface area contributed by atoms with E-state index in [-0.39, 0.29) is 5.54 Å². The lowest BCUT2D eigenvalue weighted by Gasteiger charge is -2.43. The minimum Gasteiger partial charge on any atom is -0.312 e. The first kappa shape index (κ1) is 13.1. The van der Waals surface area contributed by atoms with Crippen molar-refractivity contribution in [1.82, 2.24) is 14.7 Å². The van der Waals surface area contributed by atoms with Crippen LogP contribution in [0.25, 0.3) is 4.96 Å². The summed E-state index contributed by atoms with van der Waals surface area (Å²) in [5, 5.41) is 5.77. The first-order valence-electron chi connectivity index (χ1n) is 7.12. The van der Waals surface area contributed by atoms with Crippen LogP contribution in [0.5, 0.6) is 0 Å². The van der Waals surface area contributed by atoms with Crippen LogP contribution in [0.2, 0.25) is 0 Å². The fraction of sp³-hybridized carbons (Fsp3) is 0.667. The molecule has 2 heterocycles. The number of rotatable bonds is 4. The van der Waals surface area contributed by atoms with Crippen LogP contribution in [-0.4, -0.2) is 21.5 Å². The van der Waals surface area contributed by atoms with Crippen LogP contribution in [0, 0.1) is 5.41 Å². The SMILES string of the molecule is CC(C)(C)NCC1(Cc2cn3ccsc3n2)CCC1. The summed E-state index contributed by atoms with van der Waals surface area (Å²) in [6, 6.07) is 0. The minimum absolute atomic E-state index is 0.205. The Morgan fingerprint density at radius 1 is 1.42 bits per heavy atom. The summed E-state index contributed by atoms with van der Waals surface area (Å²) in [5.74, 6) is 0. The Bertz CT molecular complexity index is 529. The largest absolute Gasteiger partial charge is 0.312 e. The molecule has 3 rings (SSSR count). The topological polar surface area (TPSA) is 29.3 Å². The molecule has 0 saturated heterocycles. The molecular weight excluding hydrogens is 254 g/mol. The van der Waals surface area contributed by atoms with E-state index in [9.17, 15) is 0 Å². The molecule has 0 radical (unpaired) electrons. The van der Waals surface area contributed by atoms with Crippen molar-refractivity contribution in [3.63, 3.8) is 0 Å². The van der Waals surface area contributed by atoms with Crippen LogP contribution >= 0.6 is 11.3 Å². The van der Waals surface area contributed by atoms with Crippen molar-refractivity contribution < 1.29 is 0 Å². The van der Waals surface area contributed by atoms with Crippen LogP contribution in [0.3, 0.4) is 0 Å². The van der Waals surface area contributed by atoms with E-state index in [4.69, 9.17) is 4.98 Å². The second-order valence-electron chi connectivity index (χ2n) is 6.96. The molecule has 1 aliphatic rings. The van der Waals surface area contributed by atoms with E-state index in [1.807, 2.05) is 0 Å². The molecule has 1 N–H and O–H groups in total. The minimum atomic E-state index is 0.205. The molecule has 2 aromatic heterocycles. The van der Waals surface area contributed by atoms with E-state index >= 15 is 0 Å². The lowest BCUT2D eigenvalue weighted by molar-refractivity contribution is 0.117. The summed E-state index contributed by atoms with van der Waals surface area (Å²) in [5.41, 5.74) is 1.90. The van der Waals surface area contributed by atoms with Gasteiger partial charge in [-0.1, -0.05) is 6.42 Å². The van der Waals surface area contributed by atoms with Gasteiger partial charge in [0, 0.05) is 29.9 Å². The highest BCUT2D eigenvalue weighted by Crippen LogP contribution is 2.43.